The average molecular weight is 363 g/mol. The van der Waals surface area contributed by atoms with Gasteiger partial charge < -0.3 is 10.6 Å². The molecule has 0 aliphatic carbocycles. The van der Waals surface area contributed by atoms with Gasteiger partial charge in [0.2, 0.25) is 11.8 Å². The lowest BCUT2D eigenvalue weighted by molar-refractivity contribution is -0.124. The minimum Gasteiger partial charge on any atom is -0.350 e. The van der Waals surface area contributed by atoms with Crippen LogP contribution >= 0.6 is 23.4 Å². The van der Waals surface area contributed by atoms with E-state index in [1.807, 2.05) is 54.6 Å². The second-order valence-electron chi connectivity index (χ2n) is 5.16. The SMILES string of the molecule is O=C(CNC(=O)CSCc1cccc(Cl)c1)NCc1ccccc1. The molecule has 0 aliphatic rings. The van der Waals surface area contributed by atoms with Crippen LogP contribution in [0.5, 0.6) is 0 Å². The third-order valence-corrected chi connectivity index (χ3v) is 4.41. The molecule has 0 saturated heterocycles. The third-order valence-electron chi connectivity index (χ3n) is 3.17. The van der Waals surface area contributed by atoms with E-state index < -0.39 is 0 Å². The molecule has 6 heteroatoms. The van der Waals surface area contributed by atoms with Crippen LogP contribution < -0.4 is 10.6 Å². The zero-order chi connectivity index (χ0) is 17.2. The van der Waals surface area contributed by atoms with Crippen molar-refractivity contribution in [1.29, 1.82) is 0 Å². The zero-order valence-electron chi connectivity index (χ0n) is 13.1. The highest BCUT2D eigenvalue weighted by Gasteiger charge is 2.06. The van der Waals surface area contributed by atoms with Crippen LogP contribution in [0.1, 0.15) is 11.1 Å². The van der Waals surface area contributed by atoms with Crippen LogP contribution in [0.25, 0.3) is 0 Å². The number of benzene rings is 2. The number of carbonyl (C=O) groups excluding carboxylic acids is 2. The fourth-order valence-electron chi connectivity index (χ4n) is 1.98. The van der Waals surface area contributed by atoms with Gasteiger partial charge in [-0.25, -0.2) is 0 Å². The first-order chi connectivity index (χ1) is 11.6. The first-order valence-electron chi connectivity index (χ1n) is 7.53. The number of nitrogens with one attached hydrogen (secondary N) is 2. The van der Waals surface area contributed by atoms with E-state index in [1.54, 1.807) is 0 Å². The second kappa shape index (κ2) is 10.0. The van der Waals surface area contributed by atoms with E-state index in [4.69, 9.17) is 11.6 Å². The summed E-state index contributed by atoms with van der Waals surface area (Å²) >= 11 is 7.39. The Morgan fingerprint density at radius 3 is 2.42 bits per heavy atom. The highest BCUT2D eigenvalue weighted by atomic mass is 35.5. The molecule has 24 heavy (non-hydrogen) atoms. The van der Waals surface area contributed by atoms with Crippen molar-refractivity contribution in [2.45, 2.75) is 12.3 Å². The summed E-state index contributed by atoms with van der Waals surface area (Å²) in [5.41, 5.74) is 2.09. The van der Waals surface area contributed by atoms with Gasteiger partial charge in [-0.1, -0.05) is 54.1 Å². The summed E-state index contributed by atoms with van der Waals surface area (Å²) in [6, 6.07) is 17.2. The number of hydrogen-bond acceptors (Lipinski definition) is 3. The molecule has 0 unspecified atom stereocenters. The summed E-state index contributed by atoms with van der Waals surface area (Å²) in [4.78, 5) is 23.4. The molecular formula is C18H19ClN2O2S. The first-order valence-corrected chi connectivity index (χ1v) is 9.06. The lowest BCUT2D eigenvalue weighted by atomic mass is 10.2. The van der Waals surface area contributed by atoms with E-state index in [9.17, 15) is 9.59 Å². The number of hydrogen-bond donors (Lipinski definition) is 2. The molecule has 0 saturated carbocycles. The predicted octanol–water partition coefficient (Wildman–Crippen LogP) is 3.01. The summed E-state index contributed by atoms with van der Waals surface area (Å²) in [7, 11) is 0. The van der Waals surface area contributed by atoms with E-state index in [2.05, 4.69) is 10.6 Å². The van der Waals surface area contributed by atoms with Crippen LogP contribution in [-0.4, -0.2) is 24.1 Å². The largest absolute Gasteiger partial charge is 0.350 e. The number of amides is 2. The van der Waals surface area contributed by atoms with Crippen LogP contribution in [0, 0.1) is 0 Å². The normalized spacial score (nSPS) is 10.2. The molecule has 0 fully saturated rings. The van der Waals surface area contributed by atoms with Crippen molar-refractivity contribution in [1.82, 2.24) is 10.6 Å². The van der Waals surface area contributed by atoms with Crippen molar-refractivity contribution < 1.29 is 9.59 Å². The van der Waals surface area contributed by atoms with Crippen LogP contribution in [0.4, 0.5) is 0 Å². The molecule has 0 spiro atoms. The quantitative estimate of drug-likeness (QED) is 0.759. The summed E-state index contributed by atoms with van der Waals surface area (Å²) < 4.78 is 0. The second-order valence-corrected chi connectivity index (χ2v) is 6.58. The monoisotopic (exact) mass is 362 g/mol. The lowest BCUT2D eigenvalue weighted by Crippen LogP contribution is -2.37. The summed E-state index contributed by atoms with van der Waals surface area (Å²) in [6.07, 6.45) is 0. The van der Waals surface area contributed by atoms with Gasteiger partial charge in [-0.15, -0.1) is 11.8 Å². The molecule has 0 aromatic heterocycles. The van der Waals surface area contributed by atoms with Gasteiger partial charge in [0, 0.05) is 17.3 Å². The molecule has 0 atom stereocenters. The van der Waals surface area contributed by atoms with Crippen molar-refractivity contribution in [2.75, 3.05) is 12.3 Å². The number of rotatable bonds is 8. The predicted molar refractivity (Wildman–Crippen MR) is 98.9 cm³/mol. The van der Waals surface area contributed by atoms with Gasteiger partial charge in [-0.2, -0.15) is 0 Å². The highest BCUT2D eigenvalue weighted by molar-refractivity contribution is 7.99. The smallest absolute Gasteiger partial charge is 0.239 e. The minimum absolute atomic E-state index is 0.0105. The molecule has 2 aromatic carbocycles. The Balaban J connectivity index is 1.59. The molecular weight excluding hydrogens is 344 g/mol. The number of carbonyl (C=O) groups is 2. The number of halogens is 1. The zero-order valence-corrected chi connectivity index (χ0v) is 14.7. The van der Waals surface area contributed by atoms with Gasteiger partial charge in [0.15, 0.2) is 0 Å². The van der Waals surface area contributed by atoms with Gasteiger partial charge in [-0.3, -0.25) is 9.59 Å². The van der Waals surface area contributed by atoms with E-state index in [0.29, 0.717) is 23.1 Å². The van der Waals surface area contributed by atoms with Gasteiger partial charge in [0.05, 0.1) is 12.3 Å². The highest BCUT2D eigenvalue weighted by Crippen LogP contribution is 2.16. The van der Waals surface area contributed by atoms with E-state index in [1.165, 1.54) is 11.8 Å². The first kappa shape index (κ1) is 18.4. The van der Waals surface area contributed by atoms with Crippen molar-refractivity contribution in [2.24, 2.45) is 0 Å². The topological polar surface area (TPSA) is 58.2 Å². The van der Waals surface area contributed by atoms with Crippen LogP contribution in [0.3, 0.4) is 0 Å². The summed E-state index contributed by atoms with van der Waals surface area (Å²) in [5, 5.41) is 6.07. The molecule has 2 amide bonds. The van der Waals surface area contributed by atoms with E-state index in [0.717, 1.165) is 11.1 Å². The van der Waals surface area contributed by atoms with Gasteiger partial charge >= 0.3 is 0 Å². The van der Waals surface area contributed by atoms with Crippen molar-refractivity contribution in [3.8, 4) is 0 Å². The molecule has 0 bridgehead atoms. The Bertz CT molecular complexity index is 680. The Morgan fingerprint density at radius 2 is 1.67 bits per heavy atom. The minimum atomic E-state index is -0.202. The van der Waals surface area contributed by atoms with Crippen LogP contribution in [-0.2, 0) is 21.9 Å². The van der Waals surface area contributed by atoms with Gasteiger partial charge in [0.25, 0.3) is 0 Å². The Labute approximate surface area is 151 Å². The standard InChI is InChI=1S/C18H19ClN2O2S/c19-16-8-4-7-15(9-16)12-24-13-18(23)21-11-17(22)20-10-14-5-2-1-3-6-14/h1-9H,10-13H2,(H,20,22)(H,21,23). The van der Waals surface area contributed by atoms with E-state index in [-0.39, 0.29) is 18.4 Å². The van der Waals surface area contributed by atoms with Crippen LogP contribution in [0.15, 0.2) is 54.6 Å². The molecule has 0 heterocycles. The van der Waals surface area contributed by atoms with Gasteiger partial charge in [-0.05, 0) is 23.3 Å². The Hall–Kier alpha value is -1.98. The molecule has 0 radical (unpaired) electrons. The molecule has 2 rings (SSSR count). The van der Waals surface area contributed by atoms with Gasteiger partial charge in [0.1, 0.15) is 0 Å². The van der Waals surface area contributed by atoms with Crippen molar-refractivity contribution in [3.63, 3.8) is 0 Å². The molecule has 2 N–H and O–H groups in total. The van der Waals surface area contributed by atoms with Crippen molar-refractivity contribution in [3.05, 3.63) is 70.7 Å². The average Bonchev–Trinajstić information content (AvgIpc) is 2.59. The maximum absolute atomic E-state index is 11.7. The maximum Gasteiger partial charge on any atom is 0.239 e. The summed E-state index contributed by atoms with van der Waals surface area (Å²) in [6.45, 7) is 0.447. The fourth-order valence-corrected chi connectivity index (χ4v) is 2.99. The molecule has 126 valence electrons. The number of thioether (sulfide) groups is 1. The summed E-state index contributed by atoms with van der Waals surface area (Å²) in [5.74, 6) is 0.649. The maximum atomic E-state index is 11.7. The molecule has 4 nitrogen and oxygen atoms in total. The third kappa shape index (κ3) is 7.06. The van der Waals surface area contributed by atoms with Crippen LogP contribution in [0.2, 0.25) is 5.02 Å². The van der Waals surface area contributed by atoms with E-state index >= 15 is 0 Å². The Morgan fingerprint density at radius 1 is 0.917 bits per heavy atom. The molecule has 0 aliphatic heterocycles. The molecule has 2 aromatic rings. The fraction of sp³-hybridized carbons (Fsp3) is 0.222. The lowest BCUT2D eigenvalue weighted by Gasteiger charge is -2.07. The Kier molecular flexibility index (Phi) is 7.65. The van der Waals surface area contributed by atoms with Crippen molar-refractivity contribution >= 4 is 35.2 Å².